The molecule has 1 N–H and O–H groups in total. The number of aliphatic hydroxyl groups excluding tert-OH is 1. The summed E-state index contributed by atoms with van der Waals surface area (Å²) in [5, 5.41) is 14.9. The van der Waals surface area contributed by atoms with Crippen LogP contribution in [0.1, 0.15) is 54.5 Å². The molecule has 0 spiro atoms. The van der Waals surface area contributed by atoms with E-state index in [1.54, 1.807) is 12.1 Å². The van der Waals surface area contributed by atoms with Crippen molar-refractivity contribution in [3.05, 3.63) is 63.6 Å². The van der Waals surface area contributed by atoms with Crippen LogP contribution in [0.3, 0.4) is 0 Å². The summed E-state index contributed by atoms with van der Waals surface area (Å²) in [6.07, 6.45) is 1.90. The molecule has 0 aliphatic carbocycles. The predicted molar refractivity (Wildman–Crippen MR) is 163 cm³/mol. The summed E-state index contributed by atoms with van der Waals surface area (Å²) in [5.74, 6) is 3.09. The molecule has 2 atom stereocenters. The molecule has 11 heteroatoms. The number of benzene rings is 1. The molecule has 4 aromatic rings. The van der Waals surface area contributed by atoms with Gasteiger partial charge in [0.2, 0.25) is 5.88 Å². The SMILES string of the molecule is CCC[C@@H](O)COc1ccc(Cl)c(-c2nc(-c3c(C)noc3C)c(C)c(N3Cc4ccc(O[C@H]5CCOC5)nc4C3)n2)c1. The number of aliphatic hydroxyl groups is 1. The molecule has 6 rings (SSSR count). The first-order valence-corrected chi connectivity index (χ1v) is 15.1. The van der Waals surface area contributed by atoms with E-state index in [0.29, 0.717) is 66.5 Å². The highest BCUT2D eigenvalue weighted by Gasteiger charge is 2.28. The number of fused-ring (bicyclic) bond motifs is 1. The largest absolute Gasteiger partial charge is 0.491 e. The zero-order chi connectivity index (χ0) is 30.1. The Hall–Kier alpha value is -3.73. The summed E-state index contributed by atoms with van der Waals surface area (Å²) in [6, 6.07) is 9.38. The highest BCUT2D eigenvalue weighted by atomic mass is 35.5. The molecular weight excluding hydrogens is 570 g/mol. The Morgan fingerprint density at radius 2 is 1.98 bits per heavy atom. The third-order valence-corrected chi connectivity index (χ3v) is 8.18. The lowest BCUT2D eigenvalue weighted by atomic mass is 10.0. The number of halogens is 1. The van der Waals surface area contributed by atoms with Crippen molar-refractivity contribution in [2.45, 2.75) is 72.3 Å². The van der Waals surface area contributed by atoms with Gasteiger partial charge in [0.25, 0.3) is 0 Å². The van der Waals surface area contributed by atoms with Gasteiger partial charge in [0, 0.05) is 30.2 Å². The lowest BCUT2D eigenvalue weighted by Crippen LogP contribution is -2.19. The number of hydrogen-bond acceptors (Lipinski definition) is 10. The average molecular weight is 606 g/mol. The van der Waals surface area contributed by atoms with E-state index >= 15 is 0 Å². The standard InChI is InChI=1S/C32H36ClN5O5/c1-5-6-22(39)16-41-23-8-9-26(33)25(13-23)31-35-30(29-19(3)37-43-20(29)4)18(2)32(36-31)38-14-21-7-10-28(34-27(21)15-38)42-24-11-12-40-17-24/h7-10,13,22,24,39H,5-6,11-12,14-17H2,1-4H3/t22-,24+/m1/s1. The third kappa shape index (κ3) is 6.18. The van der Waals surface area contributed by atoms with E-state index in [9.17, 15) is 5.11 Å². The Morgan fingerprint density at radius 1 is 1.12 bits per heavy atom. The van der Waals surface area contributed by atoms with E-state index in [-0.39, 0.29) is 12.7 Å². The second-order valence-electron chi connectivity index (χ2n) is 11.2. The molecule has 0 radical (unpaired) electrons. The predicted octanol–water partition coefficient (Wildman–Crippen LogP) is 6.00. The van der Waals surface area contributed by atoms with Gasteiger partial charge in [-0.15, -0.1) is 0 Å². The van der Waals surface area contributed by atoms with Crippen molar-refractivity contribution in [1.29, 1.82) is 0 Å². The van der Waals surface area contributed by atoms with E-state index in [4.69, 9.17) is 45.3 Å². The molecule has 2 aliphatic rings. The highest BCUT2D eigenvalue weighted by molar-refractivity contribution is 6.33. The van der Waals surface area contributed by atoms with Crippen LogP contribution >= 0.6 is 11.6 Å². The van der Waals surface area contributed by atoms with Gasteiger partial charge in [-0.1, -0.05) is 30.1 Å². The molecule has 226 valence electrons. The van der Waals surface area contributed by atoms with Crippen molar-refractivity contribution in [2.75, 3.05) is 24.7 Å². The molecule has 2 aliphatic heterocycles. The van der Waals surface area contributed by atoms with Crippen molar-refractivity contribution in [3.63, 3.8) is 0 Å². The van der Waals surface area contributed by atoms with Crippen LogP contribution in [0.15, 0.2) is 34.9 Å². The molecule has 1 aromatic carbocycles. The number of aryl methyl sites for hydroxylation is 2. The van der Waals surface area contributed by atoms with Gasteiger partial charge in [-0.25, -0.2) is 15.0 Å². The van der Waals surface area contributed by atoms with Crippen LogP contribution in [0.4, 0.5) is 5.82 Å². The van der Waals surface area contributed by atoms with Crippen molar-refractivity contribution in [3.8, 4) is 34.3 Å². The number of anilines is 1. The zero-order valence-electron chi connectivity index (χ0n) is 24.9. The van der Waals surface area contributed by atoms with Crippen LogP contribution in [-0.4, -0.2) is 57.2 Å². The summed E-state index contributed by atoms with van der Waals surface area (Å²) in [6.45, 7) is 10.5. The summed E-state index contributed by atoms with van der Waals surface area (Å²) in [7, 11) is 0. The van der Waals surface area contributed by atoms with Crippen molar-refractivity contribution in [2.24, 2.45) is 0 Å². The normalized spacial score (nSPS) is 16.9. The quantitative estimate of drug-likeness (QED) is 0.231. The number of rotatable bonds is 10. The van der Waals surface area contributed by atoms with Crippen LogP contribution in [0, 0.1) is 20.8 Å². The van der Waals surface area contributed by atoms with E-state index in [1.807, 2.05) is 39.8 Å². The molecule has 5 heterocycles. The molecule has 0 amide bonds. The van der Waals surface area contributed by atoms with E-state index < -0.39 is 6.10 Å². The van der Waals surface area contributed by atoms with Gasteiger partial charge in [0.1, 0.15) is 30.0 Å². The monoisotopic (exact) mass is 605 g/mol. The van der Waals surface area contributed by atoms with Crippen molar-refractivity contribution < 1.29 is 23.8 Å². The molecule has 10 nitrogen and oxygen atoms in total. The lowest BCUT2D eigenvalue weighted by molar-refractivity contribution is 0.0994. The minimum atomic E-state index is -0.541. The van der Waals surface area contributed by atoms with Crippen molar-refractivity contribution >= 4 is 17.4 Å². The van der Waals surface area contributed by atoms with Crippen LogP contribution in [-0.2, 0) is 17.8 Å². The van der Waals surface area contributed by atoms with Gasteiger partial charge in [0.15, 0.2) is 5.82 Å². The highest BCUT2D eigenvalue weighted by Crippen LogP contribution is 2.39. The van der Waals surface area contributed by atoms with Gasteiger partial charge in [-0.05, 0) is 57.0 Å². The average Bonchev–Trinajstić information content (AvgIpc) is 3.73. The smallest absolute Gasteiger partial charge is 0.213 e. The number of aromatic nitrogens is 4. The van der Waals surface area contributed by atoms with Gasteiger partial charge < -0.3 is 28.7 Å². The van der Waals surface area contributed by atoms with E-state index in [2.05, 4.69) is 16.1 Å². The van der Waals surface area contributed by atoms with Crippen LogP contribution in [0.5, 0.6) is 11.6 Å². The Balaban J connectivity index is 1.37. The molecule has 0 saturated carbocycles. The Labute approximate surface area is 256 Å². The lowest BCUT2D eigenvalue weighted by Gasteiger charge is -2.22. The Kier molecular flexibility index (Phi) is 8.52. The number of hydrogen-bond donors (Lipinski definition) is 1. The summed E-state index contributed by atoms with van der Waals surface area (Å²) < 4.78 is 23.0. The Morgan fingerprint density at radius 3 is 2.72 bits per heavy atom. The first-order chi connectivity index (χ1) is 20.8. The van der Waals surface area contributed by atoms with Gasteiger partial charge in [0.05, 0.1) is 53.5 Å². The topological polar surface area (TPSA) is 116 Å². The molecule has 1 saturated heterocycles. The zero-order valence-corrected chi connectivity index (χ0v) is 25.6. The van der Waals surface area contributed by atoms with E-state index in [0.717, 1.165) is 52.4 Å². The fourth-order valence-electron chi connectivity index (χ4n) is 5.60. The minimum absolute atomic E-state index is 0.0340. The summed E-state index contributed by atoms with van der Waals surface area (Å²) in [5.41, 5.74) is 5.90. The maximum absolute atomic E-state index is 10.2. The number of pyridine rings is 1. The second-order valence-corrected chi connectivity index (χ2v) is 11.6. The number of nitrogens with zero attached hydrogens (tertiary/aromatic N) is 5. The maximum atomic E-state index is 10.2. The second kappa shape index (κ2) is 12.5. The molecule has 0 bridgehead atoms. The third-order valence-electron chi connectivity index (χ3n) is 7.85. The summed E-state index contributed by atoms with van der Waals surface area (Å²) in [4.78, 5) is 17.1. The van der Waals surface area contributed by atoms with Crippen molar-refractivity contribution in [1.82, 2.24) is 20.1 Å². The van der Waals surface area contributed by atoms with E-state index in [1.165, 1.54) is 0 Å². The first kappa shape index (κ1) is 29.3. The molecule has 43 heavy (non-hydrogen) atoms. The minimum Gasteiger partial charge on any atom is -0.491 e. The fraction of sp³-hybridized carbons (Fsp3) is 0.438. The molecule has 1 fully saturated rings. The molecule has 0 unspecified atom stereocenters. The van der Waals surface area contributed by atoms with Gasteiger partial charge in [-0.2, -0.15) is 0 Å². The maximum Gasteiger partial charge on any atom is 0.213 e. The fourth-order valence-corrected chi connectivity index (χ4v) is 5.80. The van der Waals surface area contributed by atoms with Crippen LogP contribution < -0.4 is 14.4 Å². The first-order valence-electron chi connectivity index (χ1n) is 14.7. The van der Waals surface area contributed by atoms with Crippen LogP contribution in [0.25, 0.3) is 22.6 Å². The van der Waals surface area contributed by atoms with Gasteiger partial charge >= 0.3 is 0 Å². The Bertz CT molecular complexity index is 1600. The molecule has 3 aromatic heterocycles. The van der Waals surface area contributed by atoms with Crippen LogP contribution in [0.2, 0.25) is 5.02 Å². The molecular formula is C32H36ClN5O5. The summed E-state index contributed by atoms with van der Waals surface area (Å²) >= 11 is 6.73. The van der Waals surface area contributed by atoms with Gasteiger partial charge in [-0.3, -0.25) is 0 Å². The number of ether oxygens (including phenoxy) is 3.